The van der Waals surface area contributed by atoms with E-state index in [0.717, 1.165) is 5.71 Å². The van der Waals surface area contributed by atoms with Gasteiger partial charge in [0, 0.05) is 11.9 Å². The van der Waals surface area contributed by atoms with Crippen molar-refractivity contribution in [2.75, 3.05) is 0 Å². The molecule has 0 atom stereocenters. The molecule has 60 valence electrons. The van der Waals surface area contributed by atoms with E-state index in [1.807, 2.05) is 39.0 Å². The van der Waals surface area contributed by atoms with Crippen LogP contribution < -0.4 is 0 Å². The summed E-state index contributed by atoms with van der Waals surface area (Å²) in [4.78, 5) is 4.06. The van der Waals surface area contributed by atoms with Crippen molar-refractivity contribution in [3.05, 3.63) is 36.6 Å². The van der Waals surface area contributed by atoms with E-state index in [1.165, 1.54) is 5.57 Å². The van der Waals surface area contributed by atoms with Gasteiger partial charge in [0.15, 0.2) is 0 Å². The average Bonchev–Trinajstić information content (AvgIpc) is 2.00. The summed E-state index contributed by atoms with van der Waals surface area (Å²) in [5.74, 6) is 0. The van der Waals surface area contributed by atoms with Gasteiger partial charge in [0.2, 0.25) is 0 Å². The van der Waals surface area contributed by atoms with Gasteiger partial charge in [0.25, 0.3) is 0 Å². The van der Waals surface area contributed by atoms with Crippen LogP contribution in [-0.4, -0.2) is 5.71 Å². The van der Waals surface area contributed by atoms with E-state index in [4.69, 9.17) is 0 Å². The standard InChI is InChI=1S/C10H15N/c1-5-7-8-9(3)10(4)11-6-2/h5-8H,2H2,1,3-4H3/b7-5-,9-8-,11-10?. The summed E-state index contributed by atoms with van der Waals surface area (Å²) >= 11 is 0. The third-order valence-electron chi connectivity index (χ3n) is 1.39. The highest BCUT2D eigenvalue weighted by molar-refractivity contribution is 5.98. The molecule has 0 amide bonds. The molecule has 0 aliphatic heterocycles. The maximum absolute atomic E-state index is 4.06. The predicted molar refractivity (Wildman–Crippen MR) is 51.9 cm³/mol. The minimum absolute atomic E-state index is 1.01. The van der Waals surface area contributed by atoms with Gasteiger partial charge in [-0.3, -0.25) is 4.99 Å². The van der Waals surface area contributed by atoms with Crippen molar-refractivity contribution in [1.29, 1.82) is 0 Å². The first-order valence-corrected chi connectivity index (χ1v) is 3.67. The van der Waals surface area contributed by atoms with E-state index in [2.05, 4.69) is 11.6 Å². The van der Waals surface area contributed by atoms with Crippen LogP contribution in [-0.2, 0) is 0 Å². The summed E-state index contributed by atoms with van der Waals surface area (Å²) in [6.07, 6.45) is 7.58. The molecule has 0 spiro atoms. The Morgan fingerprint density at radius 2 is 2.00 bits per heavy atom. The highest BCUT2D eigenvalue weighted by Crippen LogP contribution is 1.97. The molecule has 0 aromatic heterocycles. The van der Waals surface area contributed by atoms with Gasteiger partial charge in [-0.15, -0.1) is 0 Å². The van der Waals surface area contributed by atoms with Crippen LogP contribution in [0.2, 0.25) is 0 Å². The summed E-state index contributed by atoms with van der Waals surface area (Å²) in [7, 11) is 0. The Hall–Kier alpha value is -1.11. The molecule has 1 nitrogen and oxygen atoms in total. The molecule has 0 aliphatic rings. The molecule has 0 aromatic carbocycles. The van der Waals surface area contributed by atoms with E-state index in [0.29, 0.717) is 0 Å². The van der Waals surface area contributed by atoms with Crippen LogP contribution in [0.1, 0.15) is 20.8 Å². The number of allylic oxidation sites excluding steroid dienone is 4. The van der Waals surface area contributed by atoms with Crippen LogP contribution in [0.25, 0.3) is 0 Å². The number of hydrogen-bond donors (Lipinski definition) is 0. The highest BCUT2D eigenvalue weighted by atomic mass is 14.7. The van der Waals surface area contributed by atoms with Gasteiger partial charge in [-0.05, 0) is 26.3 Å². The molecular weight excluding hydrogens is 134 g/mol. The molecule has 0 bridgehead atoms. The van der Waals surface area contributed by atoms with Crippen molar-refractivity contribution in [1.82, 2.24) is 0 Å². The second kappa shape index (κ2) is 5.66. The second-order valence-electron chi connectivity index (χ2n) is 2.27. The molecule has 1 heteroatoms. The maximum Gasteiger partial charge on any atom is 0.0401 e. The first-order valence-electron chi connectivity index (χ1n) is 3.67. The minimum Gasteiger partial charge on any atom is -0.262 e. The molecule has 0 aliphatic carbocycles. The maximum atomic E-state index is 4.06. The van der Waals surface area contributed by atoms with Crippen LogP contribution in [0.15, 0.2) is 41.6 Å². The lowest BCUT2D eigenvalue weighted by Crippen LogP contribution is -1.90. The summed E-state index contributed by atoms with van der Waals surface area (Å²) in [5, 5.41) is 0. The van der Waals surface area contributed by atoms with Crippen LogP contribution in [0.3, 0.4) is 0 Å². The lowest BCUT2D eigenvalue weighted by Gasteiger charge is -1.95. The fourth-order valence-electron chi connectivity index (χ4n) is 0.600. The normalized spacial score (nSPS) is 14.1. The smallest absolute Gasteiger partial charge is 0.0401 e. The van der Waals surface area contributed by atoms with Gasteiger partial charge in [0.05, 0.1) is 0 Å². The van der Waals surface area contributed by atoms with E-state index < -0.39 is 0 Å². The van der Waals surface area contributed by atoms with Gasteiger partial charge >= 0.3 is 0 Å². The van der Waals surface area contributed by atoms with Crippen LogP contribution in [0.5, 0.6) is 0 Å². The Bertz CT molecular complexity index is 207. The quantitative estimate of drug-likeness (QED) is 0.432. The largest absolute Gasteiger partial charge is 0.262 e. The minimum atomic E-state index is 1.01. The van der Waals surface area contributed by atoms with Gasteiger partial charge in [-0.2, -0.15) is 0 Å². The van der Waals surface area contributed by atoms with Gasteiger partial charge < -0.3 is 0 Å². The fourth-order valence-corrected chi connectivity index (χ4v) is 0.600. The molecule has 0 saturated heterocycles. The highest BCUT2D eigenvalue weighted by Gasteiger charge is 1.89. The Labute approximate surface area is 68.9 Å². The van der Waals surface area contributed by atoms with Gasteiger partial charge in [-0.25, -0.2) is 0 Å². The molecule has 0 rings (SSSR count). The molecule has 0 N–H and O–H groups in total. The lowest BCUT2D eigenvalue weighted by molar-refractivity contribution is 1.46. The van der Waals surface area contributed by atoms with Gasteiger partial charge in [0.1, 0.15) is 0 Å². The molecule has 11 heavy (non-hydrogen) atoms. The van der Waals surface area contributed by atoms with Crippen LogP contribution >= 0.6 is 0 Å². The van der Waals surface area contributed by atoms with Crippen molar-refractivity contribution in [2.24, 2.45) is 4.99 Å². The first-order chi connectivity index (χ1) is 5.22. The predicted octanol–water partition coefficient (Wildman–Crippen LogP) is 3.11. The molecule has 0 radical (unpaired) electrons. The zero-order valence-electron chi connectivity index (χ0n) is 7.46. The molecule has 0 unspecified atom stereocenters. The van der Waals surface area contributed by atoms with E-state index in [1.54, 1.807) is 6.20 Å². The monoisotopic (exact) mass is 149 g/mol. The number of rotatable bonds is 3. The summed E-state index contributed by atoms with van der Waals surface area (Å²) < 4.78 is 0. The molecule has 0 heterocycles. The van der Waals surface area contributed by atoms with E-state index >= 15 is 0 Å². The van der Waals surface area contributed by atoms with Crippen molar-refractivity contribution >= 4 is 5.71 Å². The Kier molecular flexibility index (Phi) is 5.09. The molecule has 0 saturated carbocycles. The summed E-state index contributed by atoms with van der Waals surface area (Å²) in [5.41, 5.74) is 2.18. The molecule has 0 fully saturated rings. The fraction of sp³-hybridized carbons (Fsp3) is 0.300. The van der Waals surface area contributed by atoms with E-state index in [9.17, 15) is 0 Å². The van der Waals surface area contributed by atoms with Crippen molar-refractivity contribution in [3.8, 4) is 0 Å². The zero-order chi connectivity index (χ0) is 8.69. The average molecular weight is 149 g/mol. The number of hydrogen-bond acceptors (Lipinski definition) is 1. The topological polar surface area (TPSA) is 12.4 Å². The first kappa shape index (κ1) is 9.89. The Morgan fingerprint density at radius 1 is 1.36 bits per heavy atom. The SMILES string of the molecule is C=CN=C(C)/C(C)=C\C=C/C. The lowest BCUT2D eigenvalue weighted by atomic mass is 10.2. The number of aliphatic imine (C=N–C) groups is 1. The molecule has 0 aromatic rings. The zero-order valence-corrected chi connectivity index (χ0v) is 7.46. The van der Waals surface area contributed by atoms with Crippen molar-refractivity contribution in [2.45, 2.75) is 20.8 Å². The number of nitrogens with zero attached hydrogens (tertiary/aromatic N) is 1. The summed E-state index contributed by atoms with van der Waals surface area (Å²) in [6.45, 7) is 9.52. The van der Waals surface area contributed by atoms with Crippen molar-refractivity contribution < 1.29 is 0 Å². The van der Waals surface area contributed by atoms with Crippen molar-refractivity contribution in [3.63, 3.8) is 0 Å². The van der Waals surface area contributed by atoms with Gasteiger partial charge in [-0.1, -0.05) is 24.8 Å². The van der Waals surface area contributed by atoms with Crippen LogP contribution in [0, 0.1) is 0 Å². The third kappa shape index (κ3) is 4.31. The van der Waals surface area contributed by atoms with E-state index in [-0.39, 0.29) is 0 Å². The summed E-state index contributed by atoms with van der Waals surface area (Å²) in [6, 6.07) is 0. The Morgan fingerprint density at radius 3 is 2.45 bits per heavy atom. The third-order valence-corrected chi connectivity index (χ3v) is 1.39. The Balaban J connectivity index is 4.34. The second-order valence-corrected chi connectivity index (χ2v) is 2.27. The van der Waals surface area contributed by atoms with Crippen LogP contribution in [0.4, 0.5) is 0 Å². The molecular formula is C10H15N.